The molecule has 2 heterocycles. The minimum Gasteiger partial charge on any atom is -0.356 e. The summed E-state index contributed by atoms with van der Waals surface area (Å²) >= 11 is 0. The molecule has 3 aliphatic rings. The highest BCUT2D eigenvalue weighted by molar-refractivity contribution is 5.89. The Bertz CT molecular complexity index is 393. The van der Waals surface area contributed by atoms with Crippen LogP contribution in [0.1, 0.15) is 44.9 Å². The van der Waals surface area contributed by atoms with Gasteiger partial charge in [-0.1, -0.05) is 12.8 Å². The Kier molecular flexibility index (Phi) is 6.50. The van der Waals surface area contributed by atoms with E-state index in [9.17, 15) is 9.59 Å². The van der Waals surface area contributed by atoms with Crippen LogP contribution in [0.3, 0.4) is 0 Å². The Morgan fingerprint density at radius 3 is 2.73 bits per heavy atom. The third kappa shape index (κ3) is 4.13. The number of hydrogen-bond donors (Lipinski definition) is 2. The van der Waals surface area contributed by atoms with E-state index in [-0.39, 0.29) is 30.1 Å². The van der Waals surface area contributed by atoms with Crippen molar-refractivity contribution in [3.8, 4) is 0 Å². The number of nitrogens with one attached hydrogen (secondary N) is 2. The van der Waals surface area contributed by atoms with Crippen LogP contribution < -0.4 is 10.6 Å². The Morgan fingerprint density at radius 1 is 1.27 bits per heavy atom. The molecule has 6 heteroatoms. The monoisotopic (exact) mass is 329 g/mol. The highest BCUT2D eigenvalue weighted by Crippen LogP contribution is 2.29. The van der Waals surface area contributed by atoms with Crippen LogP contribution in [0.4, 0.5) is 0 Å². The van der Waals surface area contributed by atoms with Gasteiger partial charge in [0.05, 0.1) is 5.92 Å². The Hall–Kier alpha value is -0.810. The zero-order valence-electron chi connectivity index (χ0n) is 13.2. The smallest absolute Gasteiger partial charge is 0.225 e. The summed E-state index contributed by atoms with van der Waals surface area (Å²) in [5.41, 5.74) is 0. The van der Waals surface area contributed by atoms with Gasteiger partial charge in [0.1, 0.15) is 0 Å². The summed E-state index contributed by atoms with van der Waals surface area (Å²) in [4.78, 5) is 26.3. The molecule has 0 aromatic rings. The second-order valence-corrected chi connectivity index (χ2v) is 6.82. The Morgan fingerprint density at radius 2 is 2.05 bits per heavy atom. The zero-order valence-corrected chi connectivity index (χ0v) is 14.0. The fraction of sp³-hybridized carbons (Fsp3) is 0.875. The summed E-state index contributed by atoms with van der Waals surface area (Å²) < 4.78 is 0. The van der Waals surface area contributed by atoms with Crippen LogP contribution in [0.5, 0.6) is 0 Å². The molecule has 0 aromatic carbocycles. The van der Waals surface area contributed by atoms with Crippen LogP contribution in [0, 0.1) is 11.8 Å². The van der Waals surface area contributed by atoms with E-state index in [1.165, 1.54) is 19.3 Å². The standard InChI is InChI=1S/C16H27N3O2.ClH/c20-15-9-13(11-19(15)14-3-1-2-4-14)16(21)18-8-6-12-5-7-17-10-12;/h12-14,17H,1-11H2,(H,18,21);1H. The van der Waals surface area contributed by atoms with Crippen LogP contribution in [-0.4, -0.2) is 48.9 Å². The number of carbonyl (C=O) groups excluding carboxylic acids is 2. The van der Waals surface area contributed by atoms with Gasteiger partial charge in [0.25, 0.3) is 0 Å². The molecule has 5 nitrogen and oxygen atoms in total. The van der Waals surface area contributed by atoms with Gasteiger partial charge in [-0.15, -0.1) is 12.4 Å². The minimum atomic E-state index is -0.125. The van der Waals surface area contributed by atoms with Crippen LogP contribution in [0.25, 0.3) is 0 Å². The summed E-state index contributed by atoms with van der Waals surface area (Å²) in [7, 11) is 0. The number of likely N-dealkylation sites (tertiary alicyclic amines) is 1. The molecule has 2 atom stereocenters. The topological polar surface area (TPSA) is 61.4 Å². The van der Waals surface area contributed by atoms with E-state index < -0.39 is 0 Å². The molecule has 2 unspecified atom stereocenters. The summed E-state index contributed by atoms with van der Waals surface area (Å²) in [5, 5.41) is 6.38. The molecule has 0 spiro atoms. The quantitative estimate of drug-likeness (QED) is 0.799. The van der Waals surface area contributed by atoms with Crippen molar-refractivity contribution < 1.29 is 9.59 Å². The van der Waals surface area contributed by atoms with Crippen molar-refractivity contribution in [2.45, 2.75) is 51.0 Å². The first-order valence-corrected chi connectivity index (χ1v) is 8.52. The molecule has 3 rings (SSSR count). The average Bonchev–Trinajstić information content (AvgIpc) is 3.19. The average molecular weight is 330 g/mol. The summed E-state index contributed by atoms with van der Waals surface area (Å²) in [6.07, 6.45) is 7.36. The second kappa shape index (κ2) is 8.16. The maximum Gasteiger partial charge on any atom is 0.225 e. The Balaban J connectivity index is 0.00000176. The SMILES string of the molecule is Cl.O=C(NCCC1CCNC1)C1CC(=O)N(C2CCCC2)C1. The van der Waals surface area contributed by atoms with Crippen molar-refractivity contribution in [3.63, 3.8) is 0 Å². The predicted octanol–water partition coefficient (Wildman–Crippen LogP) is 1.32. The highest BCUT2D eigenvalue weighted by atomic mass is 35.5. The molecular weight excluding hydrogens is 302 g/mol. The van der Waals surface area contributed by atoms with E-state index in [1.807, 2.05) is 4.90 Å². The third-order valence-electron chi connectivity index (χ3n) is 5.31. The Labute approximate surface area is 139 Å². The van der Waals surface area contributed by atoms with E-state index in [4.69, 9.17) is 0 Å². The van der Waals surface area contributed by atoms with Crippen molar-refractivity contribution >= 4 is 24.2 Å². The predicted molar refractivity (Wildman–Crippen MR) is 87.9 cm³/mol. The fourth-order valence-electron chi connectivity index (χ4n) is 3.98. The van der Waals surface area contributed by atoms with E-state index in [0.717, 1.165) is 38.9 Å². The van der Waals surface area contributed by atoms with E-state index in [2.05, 4.69) is 10.6 Å². The molecule has 1 saturated carbocycles. The number of carbonyl (C=O) groups is 2. The molecule has 0 aromatic heterocycles. The largest absolute Gasteiger partial charge is 0.356 e. The van der Waals surface area contributed by atoms with Gasteiger partial charge >= 0.3 is 0 Å². The second-order valence-electron chi connectivity index (χ2n) is 6.82. The maximum atomic E-state index is 12.2. The fourth-order valence-corrected chi connectivity index (χ4v) is 3.98. The molecule has 2 saturated heterocycles. The van der Waals surface area contributed by atoms with Crippen molar-refractivity contribution in [3.05, 3.63) is 0 Å². The summed E-state index contributed by atoms with van der Waals surface area (Å²) in [6.45, 7) is 3.57. The first kappa shape index (κ1) is 17.5. The lowest BCUT2D eigenvalue weighted by molar-refractivity contribution is -0.130. The van der Waals surface area contributed by atoms with Crippen molar-refractivity contribution in [1.82, 2.24) is 15.5 Å². The molecule has 0 bridgehead atoms. The van der Waals surface area contributed by atoms with Crippen LogP contribution in [-0.2, 0) is 9.59 Å². The van der Waals surface area contributed by atoms with Gasteiger partial charge in [0.15, 0.2) is 0 Å². The molecule has 2 aliphatic heterocycles. The van der Waals surface area contributed by atoms with Gasteiger partial charge in [0.2, 0.25) is 11.8 Å². The molecule has 1 aliphatic carbocycles. The van der Waals surface area contributed by atoms with E-state index in [0.29, 0.717) is 24.9 Å². The molecule has 126 valence electrons. The van der Waals surface area contributed by atoms with Crippen molar-refractivity contribution in [2.24, 2.45) is 11.8 Å². The van der Waals surface area contributed by atoms with Gasteiger partial charge in [-0.05, 0) is 44.7 Å². The molecule has 2 amide bonds. The lowest BCUT2D eigenvalue weighted by Gasteiger charge is -2.23. The number of rotatable bonds is 5. The first-order valence-electron chi connectivity index (χ1n) is 8.52. The maximum absolute atomic E-state index is 12.2. The van der Waals surface area contributed by atoms with Crippen molar-refractivity contribution in [2.75, 3.05) is 26.2 Å². The number of halogens is 1. The molecule has 0 radical (unpaired) electrons. The van der Waals surface area contributed by atoms with Crippen LogP contribution in [0.2, 0.25) is 0 Å². The lowest BCUT2D eigenvalue weighted by atomic mass is 10.0. The summed E-state index contributed by atoms with van der Waals surface area (Å²) in [6, 6.07) is 0.403. The normalized spacial score (nSPS) is 28.9. The number of hydrogen-bond acceptors (Lipinski definition) is 3. The van der Waals surface area contributed by atoms with Crippen LogP contribution in [0.15, 0.2) is 0 Å². The van der Waals surface area contributed by atoms with Gasteiger partial charge < -0.3 is 15.5 Å². The third-order valence-corrected chi connectivity index (χ3v) is 5.31. The van der Waals surface area contributed by atoms with E-state index in [1.54, 1.807) is 0 Å². The summed E-state index contributed by atoms with van der Waals surface area (Å²) in [5.74, 6) is 0.835. The van der Waals surface area contributed by atoms with Gasteiger partial charge in [-0.25, -0.2) is 0 Å². The van der Waals surface area contributed by atoms with Crippen molar-refractivity contribution in [1.29, 1.82) is 0 Å². The lowest BCUT2D eigenvalue weighted by Crippen LogP contribution is -2.37. The van der Waals surface area contributed by atoms with Crippen LogP contribution >= 0.6 is 12.4 Å². The molecule has 3 fully saturated rings. The van der Waals surface area contributed by atoms with Gasteiger partial charge in [0, 0.05) is 25.6 Å². The molecule has 22 heavy (non-hydrogen) atoms. The minimum absolute atomic E-state index is 0. The first-order chi connectivity index (χ1) is 10.2. The number of amides is 2. The molecule has 2 N–H and O–H groups in total. The molecular formula is C16H28ClN3O2. The zero-order chi connectivity index (χ0) is 14.7. The highest BCUT2D eigenvalue weighted by Gasteiger charge is 2.38. The van der Waals surface area contributed by atoms with Gasteiger partial charge in [-0.2, -0.15) is 0 Å². The van der Waals surface area contributed by atoms with Gasteiger partial charge in [-0.3, -0.25) is 9.59 Å². The van der Waals surface area contributed by atoms with E-state index >= 15 is 0 Å². The number of nitrogens with zero attached hydrogens (tertiary/aromatic N) is 1.